The van der Waals surface area contributed by atoms with Gasteiger partial charge in [-0.25, -0.2) is 9.82 Å². The average Bonchev–Trinajstić information content (AvgIpc) is 2.40. The number of hydrogen-bond acceptors (Lipinski definition) is 5. The molecule has 0 radical (unpaired) electrons. The molecule has 0 aliphatic carbocycles. The molecule has 0 bridgehead atoms. The topological polar surface area (TPSA) is 72.4 Å². The van der Waals surface area contributed by atoms with Gasteiger partial charge in [-0.2, -0.15) is 0 Å². The monoisotopic (exact) mass is 261 g/mol. The lowest BCUT2D eigenvalue weighted by Crippen LogP contribution is -2.39. The number of rotatable bonds is 4. The van der Waals surface area contributed by atoms with Gasteiger partial charge in [0, 0.05) is 48.8 Å². The van der Waals surface area contributed by atoms with E-state index in [4.69, 9.17) is 4.84 Å². The van der Waals surface area contributed by atoms with Crippen LogP contribution in [-0.2, 0) is 0 Å². The second-order valence-corrected chi connectivity index (χ2v) is 4.01. The molecular formula is C12H13N4O3+. The van der Waals surface area contributed by atoms with Gasteiger partial charge in [0.05, 0.1) is 4.92 Å². The maximum absolute atomic E-state index is 10.5. The number of pyridine rings is 2. The van der Waals surface area contributed by atoms with Crippen LogP contribution in [-0.4, -0.2) is 24.0 Å². The second-order valence-electron chi connectivity index (χ2n) is 4.01. The number of hydrogen-bond donors (Lipinski definition) is 0. The van der Waals surface area contributed by atoms with E-state index >= 15 is 0 Å². The van der Waals surface area contributed by atoms with E-state index in [0.29, 0.717) is 0 Å². The van der Waals surface area contributed by atoms with Gasteiger partial charge in [-0.05, 0) is 0 Å². The SMILES string of the molecule is CN(C)c1cc[n+](Oc2ccc([N+](=O)[O-])cn2)cc1. The number of aromatic nitrogens is 2. The standard InChI is InChI=1S/C12H13N4O3/c1-14(2)10-5-7-15(8-6-10)19-12-4-3-11(9-13-12)16(17)18/h3-9H,1-2H3/q+1. The maximum atomic E-state index is 10.5. The van der Waals surface area contributed by atoms with Crippen molar-refractivity contribution in [1.82, 2.24) is 4.98 Å². The highest BCUT2D eigenvalue weighted by atomic mass is 16.7. The Morgan fingerprint density at radius 3 is 2.42 bits per heavy atom. The molecule has 0 fully saturated rings. The fourth-order valence-electron chi connectivity index (χ4n) is 1.41. The zero-order chi connectivity index (χ0) is 13.8. The maximum Gasteiger partial charge on any atom is 0.295 e. The molecule has 0 amide bonds. The summed E-state index contributed by atoms with van der Waals surface area (Å²) in [6.45, 7) is 0. The van der Waals surface area contributed by atoms with Gasteiger partial charge in [0.15, 0.2) is 0 Å². The molecular weight excluding hydrogens is 248 g/mol. The highest BCUT2D eigenvalue weighted by Gasteiger charge is 2.10. The molecule has 0 saturated carbocycles. The Morgan fingerprint density at radius 2 is 1.95 bits per heavy atom. The minimum atomic E-state index is -0.504. The lowest BCUT2D eigenvalue weighted by molar-refractivity contribution is -0.875. The van der Waals surface area contributed by atoms with Crippen LogP contribution in [0.2, 0.25) is 0 Å². The zero-order valence-electron chi connectivity index (χ0n) is 10.6. The highest BCUT2D eigenvalue weighted by molar-refractivity contribution is 5.41. The molecule has 0 aliphatic rings. The number of nitrogens with zero attached hydrogens (tertiary/aromatic N) is 4. The van der Waals surface area contributed by atoms with Gasteiger partial charge in [-0.15, -0.1) is 0 Å². The van der Waals surface area contributed by atoms with E-state index in [2.05, 4.69) is 4.98 Å². The van der Waals surface area contributed by atoms with E-state index in [-0.39, 0.29) is 11.6 Å². The minimum Gasteiger partial charge on any atom is -0.377 e. The van der Waals surface area contributed by atoms with Crippen molar-refractivity contribution in [2.75, 3.05) is 19.0 Å². The molecule has 2 aromatic heterocycles. The summed E-state index contributed by atoms with van der Waals surface area (Å²) in [6, 6.07) is 6.55. The third-order valence-corrected chi connectivity index (χ3v) is 2.43. The molecule has 0 spiro atoms. The molecule has 2 rings (SSSR count). The van der Waals surface area contributed by atoms with Gasteiger partial charge in [0.1, 0.15) is 6.20 Å². The Bertz CT molecular complexity index is 567. The molecule has 19 heavy (non-hydrogen) atoms. The van der Waals surface area contributed by atoms with Crippen molar-refractivity contribution in [2.24, 2.45) is 0 Å². The van der Waals surface area contributed by atoms with Crippen molar-refractivity contribution in [3.63, 3.8) is 0 Å². The van der Waals surface area contributed by atoms with Gasteiger partial charge in [-0.1, -0.05) is 0 Å². The fourth-order valence-corrected chi connectivity index (χ4v) is 1.41. The van der Waals surface area contributed by atoms with Crippen LogP contribution in [0.4, 0.5) is 11.4 Å². The summed E-state index contributed by atoms with van der Waals surface area (Å²) in [5.41, 5.74) is 0.969. The molecule has 0 atom stereocenters. The Hall–Kier alpha value is -2.70. The summed E-state index contributed by atoms with van der Waals surface area (Å²) >= 11 is 0. The van der Waals surface area contributed by atoms with E-state index in [0.717, 1.165) is 11.9 Å². The summed E-state index contributed by atoms with van der Waals surface area (Å²) < 4.78 is 1.47. The molecule has 0 unspecified atom stereocenters. The smallest absolute Gasteiger partial charge is 0.295 e. The first kappa shape index (κ1) is 12.7. The number of anilines is 1. The fraction of sp³-hybridized carbons (Fsp3) is 0.167. The molecule has 7 nitrogen and oxygen atoms in total. The van der Waals surface area contributed by atoms with Gasteiger partial charge >= 0.3 is 0 Å². The van der Waals surface area contributed by atoms with Gasteiger partial charge < -0.3 is 4.90 Å². The van der Waals surface area contributed by atoms with Crippen molar-refractivity contribution in [3.8, 4) is 5.88 Å². The van der Waals surface area contributed by atoms with Crippen LogP contribution < -0.4 is 14.5 Å². The summed E-state index contributed by atoms with van der Waals surface area (Å²) in [5, 5.41) is 10.5. The molecule has 0 aromatic carbocycles. The first-order valence-electron chi connectivity index (χ1n) is 5.54. The Balaban J connectivity index is 2.10. The first-order chi connectivity index (χ1) is 9.06. The van der Waals surface area contributed by atoms with Crippen LogP contribution in [0, 0.1) is 10.1 Å². The molecule has 0 N–H and O–H groups in total. The predicted molar refractivity (Wildman–Crippen MR) is 67.9 cm³/mol. The first-order valence-corrected chi connectivity index (χ1v) is 5.54. The van der Waals surface area contributed by atoms with Crippen LogP contribution in [0.25, 0.3) is 0 Å². The molecule has 2 aromatic rings. The van der Waals surface area contributed by atoms with Crippen molar-refractivity contribution in [3.05, 3.63) is 53.0 Å². The summed E-state index contributed by atoms with van der Waals surface area (Å²) in [6.07, 6.45) is 4.63. The van der Waals surface area contributed by atoms with E-state index < -0.39 is 4.92 Å². The summed E-state index contributed by atoms with van der Waals surface area (Å²) in [4.78, 5) is 21.2. The molecule has 2 heterocycles. The van der Waals surface area contributed by atoms with Crippen molar-refractivity contribution >= 4 is 11.4 Å². The summed E-state index contributed by atoms with van der Waals surface area (Å²) in [7, 11) is 3.89. The van der Waals surface area contributed by atoms with Gasteiger partial charge in [0.25, 0.3) is 11.6 Å². The molecule has 0 saturated heterocycles. The minimum absolute atomic E-state index is 0.0692. The Kier molecular flexibility index (Phi) is 3.56. The predicted octanol–water partition coefficient (Wildman–Crippen LogP) is 1.19. The Labute approximate surface area is 109 Å². The molecule has 0 aliphatic heterocycles. The lowest BCUT2D eigenvalue weighted by Gasteiger charge is -2.09. The van der Waals surface area contributed by atoms with Crippen LogP contribution in [0.5, 0.6) is 5.88 Å². The van der Waals surface area contributed by atoms with E-state index in [1.54, 1.807) is 12.4 Å². The largest absolute Gasteiger partial charge is 0.377 e. The molecule has 98 valence electrons. The van der Waals surface area contributed by atoms with Crippen LogP contribution >= 0.6 is 0 Å². The normalized spacial score (nSPS) is 10.0. The zero-order valence-corrected chi connectivity index (χ0v) is 10.6. The van der Waals surface area contributed by atoms with Crippen LogP contribution in [0.3, 0.4) is 0 Å². The third-order valence-electron chi connectivity index (χ3n) is 2.43. The third kappa shape index (κ3) is 3.15. The van der Waals surface area contributed by atoms with Crippen molar-refractivity contribution in [2.45, 2.75) is 0 Å². The number of nitro groups is 1. The highest BCUT2D eigenvalue weighted by Crippen LogP contribution is 2.13. The van der Waals surface area contributed by atoms with E-state index in [9.17, 15) is 10.1 Å². The van der Waals surface area contributed by atoms with Crippen LogP contribution in [0.1, 0.15) is 0 Å². The second kappa shape index (κ2) is 5.30. The van der Waals surface area contributed by atoms with E-state index in [1.807, 2.05) is 31.1 Å². The van der Waals surface area contributed by atoms with Gasteiger partial charge in [0.2, 0.25) is 12.4 Å². The van der Waals surface area contributed by atoms with Gasteiger partial charge in [-0.3, -0.25) is 10.1 Å². The quantitative estimate of drug-likeness (QED) is 0.469. The summed E-state index contributed by atoms with van der Waals surface area (Å²) in [5.74, 6) is 0.285. The molecule has 7 heteroatoms. The van der Waals surface area contributed by atoms with Crippen molar-refractivity contribution in [1.29, 1.82) is 0 Å². The van der Waals surface area contributed by atoms with Crippen LogP contribution in [0.15, 0.2) is 42.9 Å². The average molecular weight is 261 g/mol. The van der Waals surface area contributed by atoms with Crippen molar-refractivity contribution < 1.29 is 14.5 Å². The van der Waals surface area contributed by atoms with E-state index in [1.165, 1.54) is 16.9 Å². The Morgan fingerprint density at radius 1 is 1.26 bits per heavy atom. The lowest BCUT2D eigenvalue weighted by atomic mass is 10.4.